The van der Waals surface area contributed by atoms with Crippen molar-refractivity contribution in [3.8, 4) is 5.75 Å². The van der Waals surface area contributed by atoms with E-state index in [0.29, 0.717) is 17.1 Å². The summed E-state index contributed by atoms with van der Waals surface area (Å²) in [5.41, 5.74) is 1.11. The number of methoxy groups -OCH3 is 1. The quantitative estimate of drug-likeness (QED) is 0.868. The van der Waals surface area contributed by atoms with Crippen LogP contribution in [-0.2, 0) is 20.9 Å². The molecule has 2 aromatic carbocycles. The summed E-state index contributed by atoms with van der Waals surface area (Å²) in [6.07, 6.45) is 0. The maximum Gasteiger partial charge on any atom is 0.265 e. The van der Waals surface area contributed by atoms with E-state index in [-0.39, 0.29) is 42.2 Å². The van der Waals surface area contributed by atoms with Gasteiger partial charge in [-0.2, -0.15) is 0 Å². The first kappa shape index (κ1) is 18.2. The lowest BCUT2D eigenvalue weighted by molar-refractivity contribution is -0.121. The van der Waals surface area contributed by atoms with Crippen molar-refractivity contribution in [2.45, 2.75) is 6.54 Å². The minimum absolute atomic E-state index is 0.0455. The van der Waals surface area contributed by atoms with Crippen molar-refractivity contribution >= 4 is 34.8 Å². The van der Waals surface area contributed by atoms with Crippen molar-refractivity contribution in [3.05, 3.63) is 52.8 Å². The summed E-state index contributed by atoms with van der Waals surface area (Å²) in [5, 5.41) is 2.89. The molecule has 2 aromatic rings. The van der Waals surface area contributed by atoms with E-state index in [4.69, 9.17) is 21.1 Å². The van der Waals surface area contributed by atoms with E-state index >= 15 is 0 Å². The van der Waals surface area contributed by atoms with Crippen LogP contribution in [-0.4, -0.2) is 32.1 Å². The Kier molecular flexibility index (Phi) is 5.39. The summed E-state index contributed by atoms with van der Waals surface area (Å²) >= 11 is 6.08. The van der Waals surface area contributed by atoms with Crippen LogP contribution in [0.15, 0.2) is 36.4 Å². The molecule has 0 atom stereocenters. The molecule has 6 nitrogen and oxygen atoms in total. The molecule has 0 saturated carbocycles. The Morgan fingerprint density at radius 2 is 2.19 bits per heavy atom. The van der Waals surface area contributed by atoms with Gasteiger partial charge in [-0.1, -0.05) is 17.7 Å². The van der Waals surface area contributed by atoms with Gasteiger partial charge in [0.25, 0.3) is 5.91 Å². The number of carbonyl (C=O) groups is 2. The van der Waals surface area contributed by atoms with Crippen molar-refractivity contribution in [2.24, 2.45) is 0 Å². The standard InChI is InChI=1S/C18H16ClFN2O4/c1-25-9-17(23)21-11-5-6-16-15(7-11)22(18(24)10-26-16)8-12-13(19)3-2-4-14(12)20/h2-7H,8-10H2,1H3,(H,21,23). The Hall–Kier alpha value is -2.64. The Bertz CT molecular complexity index is 839. The van der Waals surface area contributed by atoms with Gasteiger partial charge in [0.05, 0.1) is 12.2 Å². The molecule has 0 aliphatic carbocycles. The van der Waals surface area contributed by atoms with E-state index in [1.165, 1.54) is 24.1 Å². The zero-order valence-electron chi connectivity index (χ0n) is 13.9. The molecule has 2 amide bonds. The lowest BCUT2D eigenvalue weighted by Gasteiger charge is -2.30. The predicted molar refractivity (Wildman–Crippen MR) is 95.0 cm³/mol. The number of fused-ring (bicyclic) bond motifs is 1. The summed E-state index contributed by atoms with van der Waals surface area (Å²) < 4.78 is 24.3. The highest BCUT2D eigenvalue weighted by Gasteiger charge is 2.27. The smallest absolute Gasteiger partial charge is 0.265 e. The average Bonchev–Trinajstić information content (AvgIpc) is 2.60. The highest BCUT2D eigenvalue weighted by Crippen LogP contribution is 2.36. The largest absolute Gasteiger partial charge is 0.482 e. The van der Waals surface area contributed by atoms with Gasteiger partial charge >= 0.3 is 0 Å². The Morgan fingerprint density at radius 3 is 2.92 bits per heavy atom. The van der Waals surface area contributed by atoms with Gasteiger partial charge in [0.15, 0.2) is 6.61 Å². The fourth-order valence-electron chi connectivity index (χ4n) is 2.62. The Morgan fingerprint density at radius 1 is 1.38 bits per heavy atom. The SMILES string of the molecule is COCC(=O)Nc1ccc2c(c1)N(Cc1c(F)cccc1Cl)C(=O)CO2. The lowest BCUT2D eigenvalue weighted by Crippen LogP contribution is -2.38. The summed E-state index contributed by atoms with van der Waals surface area (Å²) in [7, 11) is 1.42. The van der Waals surface area contributed by atoms with Gasteiger partial charge in [0.1, 0.15) is 18.2 Å². The highest BCUT2D eigenvalue weighted by molar-refractivity contribution is 6.31. The van der Waals surface area contributed by atoms with E-state index in [1.807, 2.05) is 0 Å². The first-order valence-electron chi connectivity index (χ1n) is 7.78. The zero-order chi connectivity index (χ0) is 18.7. The second kappa shape index (κ2) is 7.72. The van der Waals surface area contributed by atoms with Crippen LogP contribution in [0.1, 0.15) is 5.56 Å². The molecule has 136 valence electrons. The van der Waals surface area contributed by atoms with Gasteiger partial charge < -0.3 is 19.7 Å². The molecule has 0 fully saturated rings. The number of nitrogens with one attached hydrogen (secondary N) is 1. The van der Waals surface area contributed by atoms with E-state index in [1.54, 1.807) is 24.3 Å². The first-order valence-corrected chi connectivity index (χ1v) is 8.16. The number of amides is 2. The second-order valence-corrected chi connectivity index (χ2v) is 6.04. The molecule has 26 heavy (non-hydrogen) atoms. The normalized spacial score (nSPS) is 13.2. The van der Waals surface area contributed by atoms with E-state index in [2.05, 4.69) is 5.32 Å². The van der Waals surface area contributed by atoms with Crippen LogP contribution < -0.4 is 15.0 Å². The van der Waals surface area contributed by atoms with Crippen LogP contribution in [0.25, 0.3) is 0 Å². The van der Waals surface area contributed by atoms with Gasteiger partial charge in [-0.05, 0) is 30.3 Å². The fraction of sp³-hybridized carbons (Fsp3) is 0.222. The zero-order valence-corrected chi connectivity index (χ0v) is 14.7. The number of nitrogens with zero attached hydrogens (tertiary/aromatic N) is 1. The minimum atomic E-state index is -0.497. The van der Waals surface area contributed by atoms with Gasteiger partial charge in [-0.3, -0.25) is 9.59 Å². The Balaban J connectivity index is 1.93. The van der Waals surface area contributed by atoms with Crippen LogP contribution in [0.4, 0.5) is 15.8 Å². The van der Waals surface area contributed by atoms with Gasteiger partial charge in [0, 0.05) is 23.4 Å². The van der Waals surface area contributed by atoms with E-state index in [9.17, 15) is 14.0 Å². The molecule has 0 radical (unpaired) electrons. The first-order chi connectivity index (χ1) is 12.5. The number of hydrogen-bond donors (Lipinski definition) is 1. The molecular weight excluding hydrogens is 363 g/mol. The van der Waals surface area contributed by atoms with Crippen molar-refractivity contribution in [2.75, 3.05) is 30.5 Å². The van der Waals surface area contributed by atoms with Crippen LogP contribution in [0, 0.1) is 5.82 Å². The van der Waals surface area contributed by atoms with Crippen LogP contribution in [0.2, 0.25) is 5.02 Å². The molecule has 3 rings (SSSR count). The molecule has 0 unspecified atom stereocenters. The maximum absolute atomic E-state index is 14.1. The van der Waals surface area contributed by atoms with Crippen molar-refractivity contribution in [1.82, 2.24) is 0 Å². The molecular formula is C18H16ClFN2O4. The number of ether oxygens (including phenoxy) is 2. The number of benzene rings is 2. The third-order valence-electron chi connectivity index (χ3n) is 3.84. The average molecular weight is 379 g/mol. The number of hydrogen-bond acceptors (Lipinski definition) is 4. The lowest BCUT2D eigenvalue weighted by atomic mass is 10.1. The number of anilines is 2. The summed E-state index contributed by atoms with van der Waals surface area (Å²) in [5.74, 6) is -0.707. The third-order valence-corrected chi connectivity index (χ3v) is 4.19. The second-order valence-electron chi connectivity index (χ2n) is 5.63. The van der Waals surface area contributed by atoms with Crippen LogP contribution in [0.5, 0.6) is 5.75 Å². The molecule has 1 heterocycles. The molecule has 1 aliphatic rings. The number of halogens is 2. The molecule has 8 heteroatoms. The number of carbonyl (C=O) groups excluding carboxylic acids is 2. The van der Waals surface area contributed by atoms with Crippen molar-refractivity contribution in [3.63, 3.8) is 0 Å². The monoisotopic (exact) mass is 378 g/mol. The molecule has 0 bridgehead atoms. The molecule has 0 spiro atoms. The molecule has 1 N–H and O–H groups in total. The van der Waals surface area contributed by atoms with Crippen molar-refractivity contribution < 1.29 is 23.5 Å². The van der Waals surface area contributed by atoms with Gasteiger partial charge in [-0.15, -0.1) is 0 Å². The van der Waals surface area contributed by atoms with Crippen LogP contribution in [0.3, 0.4) is 0 Å². The van der Waals surface area contributed by atoms with E-state index in [0.717, 1.165) is 0 Å². The van der Waals surface area contributed by atoms with E-state index < -0.39 is 5.82 Å². The summed E-state index contributed by atoms with van der Waals surface area (Å²) in [6.45, 7) is -0.300. The van der Waals surface area contributed by atoms with Crippen molar-refractivity contribution in [1.29, 1.82) is 0 Å². The molecule has 1 aliphatic heterocycles. The van der Waals surface area contributed by atoms with Crippen LogP contribution >= 0.6 is 11.6 Å². The minimum Gasteiger partial charge on any atom is -0.482 e. The molecule has 0 saturated heterocycles. The molecule has 0 aromatic heterocycles. The highest BCUT2D eigenvalue weighted by atomic mass is 35.5. The Labute approximate surface area is 154 Å². The van der Waals surface area contributed by atoms with Gasteiger partial charge in [-0.25, -0.2) is 4.39 Å². The predicted octanol–water partition coefficient (Wildman–Crippen LogP) is 2.99. The fourth-order valence-corrected chi connectivity index (χ4v) is 2.85. The van der Waals surface area contributed by atoms with Gasteiger partial charge in [0.2, 0.25) is 5.91 Å². The maximum atomic E-state index is 14.1. The number of rotatable bonds is 5. The summed E-state index contributed by atoms with van der Waals surface area (Å²) in [4.78, 5) is 25.4. The summed E-state index contributed by atoms with van der Waals surface area (Å²) in [6, 6.07) is 9.23. The topological polar surface area (TPSA) is 67.9 Å². The third kappa shape index (κ3) is 3.79.